The Morgan fingerprint density at radius 1 is 1.35 bits per heavy atom. The van der Waals surface area contributed by atoms with E-state index in [0.717, 1.165) is 17.0 Å². The Kier molecular flexibility index (Phi) is 4.76. The summed E-state index contributed by atoms with van der Waals surface area (Å²) in [6.45, 7) is 7.69. The third kappa shape index (κ3) is 2.87. The van der Waals surface area contributed by atoms with Gasteiger partial charge in [-0.3, -0.25) is 4.79 Å². The van der Waals surface area contributed by atoms with E-state index in [1.54, 1.807) is 6.92 Å². The number of anilines is 1. The number of para-hydroxylation sites is 1. The summed E-state index contributed by atoms with van der Waals surface area (Å²) in [6.07, 6.45) is 3.48. The second-order valence-corrected chi connectivity index (χ2v) is 3.47. The van der Waals surface area contributed by atoms with E-state index in [4.69, 9.17) is 4.74 Å². The molecule has 1 aliphatic heterocycles. The molecule has 17 heavy (non-hydrogen) atoms. The molecule has 0 saturated carbocycles. The van der Waals surface area contributed by atoms with E-state index in [9.17, 15) is 4.79 Å². The third-order valence-corrected chi connectivity index (χ3v) is 2.31. The largest absolute Gasteiger partial charge is 0.478 e. The molecular formula is C14H19NO2. The minimum Gasteiger partial charge on any atom is -0.478 e. The van der Waals surface area contributed by atoms with E-state index in [1.807, 2.05) is 51.1 Å². The standard InChI is InChI=1S/C12H13NO2.C2H6/c1-3-5-9-6-4-7-10-11(9)15-8(2)12(14)13-10;1-2/h3-8H,1-2H3,(H,13,14);1-2H3/b5-3+;. The van der Waals surface area contributed by atoms with Crippen LogP contribution in [-0.4, -0.2) is 12.0 Å². The van der Waals surface area contributed by atoms with Crippen molar-refractivity contribution in [3.63, 3.8) is 0 Å². The van der Waals surface area contributed by atoms with Gasteiger partial charge < -0.3 is 10.1 Å². The van der Waals surface area contributed by atoms with E-state index >= 15 is 0 Å². The van der Waals surface area contributed by atoms with Gasteiger partial charge in [-0.15, -0.1) is 0 Å². The maximum Gasteiger partial charge on any atom is 0.265 e. The van der Waals surface area contributed by atoms with Crippen LogP contribution in [-0.2, 0) is 4.79 Å². The highest BCUT2D eigenvalue weighted by molar-refractivity contribution is 5.98. The first-order valence-corrected chi connectivity index (χ1v) is 5.95. The van der Waals surface area contributed by atoms with E-state index in [-0.39, 0.29) is 5.91 Å². The number of hydrogen-bond donors (Lipinski definition) is 1. The molecule has 0 aliphatic carbocycles. The van der Waals surface area contributed by atoms with Gasteiger partial charge in [0.15, 0.2) is 11.9 Å². The van der Waals surface area contributed by atoms with Gasteiger partial charge >= 0.3 is 0 Å². The Hall–Kier alpha value is -1.77. The van der Waals surface area contributed by atoms with Crippen LogP contribution < -0.4 is 10.1 Å². The lowest BCUT2D eigenvalue weighted by atomic mass is 10.1. The molecule has 1 aromatic carbocycles. The molecule has 0 fully saturated rings. The monoisotopic (exact) mass is 233 g/mol. The molecule has 3 nitrogen and oxygen atoms in total. The average Bonchev–Trinajstić information content (AvgIpc) is 2.35. The number of hydrogen-bond acceptors (Lipinski definition) is 2. The van der Waals surface area contributed by atoms with Crippen molar-refractivity contribution < 1.29 is 9.53 Å². The number of rotatable bonds is 1. The van der Waals surface area contributed by atoms with Crippen LogP contribution in [0, 0.1) is 0 Å². The van der Waals surface area contributed by atoms with Gasteiger partial charge in [-0.2, -0.15) is 0 Å². The van der Waals surface area contributed by atoms with Gasteiger partial charge in [-0.1, -0.05) is 38.1 Å². The Morgan fingerprint density at radius 2 is 2.06 bits per heavy atom. The van der Waals surface area contributed by atoms with Crippen LogP contribution in [0.5, 0.6) is 5.75 Å². The topological polar surface area (TPSA) is 38.3 Å². The van der Waals surface area contributed by atoms with Crippen molar-refractivity contribution in [2.24, 2.45) is 0 Å². The van der Waals surface area contributed by atoms with Crippen molar-refractivity contribution in [3.8, 4) is 5.75 Å². The average molecular weight is 233 g/mol. The molecule has 0 spiro atoms. The number of allylic oxidation sites excluding steroid dienone is 1. The van der Waals surface area contributed by atoms with Crippen molar-refractivity contribution in [2.75, 3.05) is 5.32 Å². The van der Waals surface area contributed by atoms with E-state index < -0.39 is 6.10 Å². The zero-order valence-electron chi connectivity index (χ0n) is 10.8. The fourth-order valence-electron chi connectivity index (χ4n) is 1.56. The molecular weight excluding hydrogens is 214 g/mol. The molecule has 1 unspecified atom stereocenters. The number of nitrogens with one attached hydrogen (secondary N) is 1. The molecule has 0 bridgehead atoms. The predicted molar refractivity (Wildman–Crippen MR) is 71.2 cm³/mol. The van der Waals surface area contributed by atoms with Crippen LogP contribution >= 0.6 is 0 Å². The molecule has 0 radical (unpaired) electrons. The molecule has 1 aliphatic rings. The van der Waals surface area contributed by atoms with E-state index in [2.05, 4.69) is 5.32 Å². The van der Waals surface area contributed by atoms with Gasteiger partial charge in [0.1, 0.15) is 0 Å². The van der Waals surface area contributed by atoms with Gasteiger partial charge in [0, 0.05) is 5.56 Å². The lowest BCUT2D eigenvalue weighted by Gasteiger charge is -2.24. The van der Waals surface area contributed by atoms with Crippen molar-refractivity contribution in [1.29, 1.82) is 0 Å². The molecule has 0 saturated heterocycles. The summed E-state index contributed by atoms with van der Waals surface area (Å²) < 4.78 is 5.56. The van der Waals surface area contributed by atoms with Crippen molar-refractivity contribution >= 4 is 17.7 Å². The maximum absolute atomic E-state index is 11.4. The Morgan fingerprint density at radius 3 is 2.71 bits per heavy atom. The predicted octanol–water partition coefficient (Wildman–Crippen LogP) is 3.47. The van der Waals surface area contributed by atoms with Crippen LogP contribution in [0.25, 0.3) is 6.08 Å². The molecule has 1 atom stereocenters. The Labute approximate surface area is 102 Å². The van der Waals surface area contributed by atoms with Gasteiger partial charge in [-0.05, 0) is 19.9 Å². The number of carbonyl (C=O) groups excluding carboxylic acids is 1. The number of fused-ring (bicyclic) bond motifs is 1. The van der Waals surface area contributed by atoms with Gasteiger partial charge in [0.25, 0.3) is 5.91 Å². The highest BCUT2D eigenvalue weighted by Gasteiger charge is 2.24. The molecule has 3 heteroatoms. The van der Waals surface area contributed by atoms with Gasteiger partial charge in [-0.25, -0.2) is 0 Å². The fourth-order valence-corrected chi connectivity index (χ4v) is 1.56. The van der Waals surface area contributed by atoms with Crippen LogP contribution in [0.4, 0.5) is 5.69 Å². The first-order chi connectivity index (χ1) is 8.22. The third-order valence-electron chi connectivity index (χ3n) is 2.31. The smallest absolute Gasteiger partial charge is 0.265 e. The molecule has 2 rings (SSSR count). The van der Waals surface area contributed by atoms with Crippen LogP contribution in [0.1, 0.15) is 33.3 Å². The van der Waals surface area contributed by atoms with Crippen LogP contribution in [0.2, 0.25) is 0 Å². The number of benzene rings is 1. The summed E-state index contributed by atoms with van der Waals surface area (Å²) in [4.78, 5) is 11.4. The SMILES string of the molecule is C/C=C/c1cccc2c1OC(C)C(=O)N2.CC. The lowest BCUT2D eigenvalue weighted by Crippen LogP contribution is -2.34. The number of carbonyl (C=O) groups is 1. The summed E-state index contributed by atoms with van der Waals surface area (Å²) in [7, 11) is 0. The second kappa shape index (κ2) is 6.09. The van der Waals surface area contributed by atoms with Gasteiger partial charge in [0.05, 0.1) is 5.69 Å². The number of amides is 1. The van der Waals surface area contributed by atoms with E-state index in [0.29, 0.717) is 0 Å². The van der Waals surface area contributed by atoms with Crippen LogP contribution in [0.3, 0.4) is 0 Å². The highest BCUT2D eigenvalue weighted by atomic mass is 16.5. The zero-order valence-corrected chi connectivity index (χ0v) is 10.8. The normalized spacial score (nSPS) is 17.6. The quantitative estimate of drug-likeness (QED) is 0.806. The molecule has 1 N–H and O–H groups in total. The molecule has 1 amide bonds. The first kappa shape index (κ1) is 13.3. The number of ether oxygens (including phenoxy) is 1. The fraction of sp³-hybridized carbons (Fsp3) is 0.357. The first-order valence-electron chi connectivity index (χ1n) is 5.95. The summed E-state index contributed by atoms with van der Waals surface area (Å²) in [5, 5.41) is 2.81. The van der Waals surface area contributed by atoms with Crippen molar-refractivity contribution in [1.82, 2.24) is 0 Å². The molecule has 1 aromatic rings. The Bertz CT molecular complexity index is 424. The second-order valence-electron chi connectivity index (χ2n) is 3.47. The molecule has 0 aromatic heterocycles. The molecule has 92 valence electrons. The summed E-state index contributed by atoms with van der Waals surface area (Å²) >= 11 is 0. The Balaban J connectivity index is 0.000000686. The summed E-state index contributed by atoms with van der Waals surface area (Å²) in [6, 6.07) is 5.70. The summed E-state index contributed by atoms with van der Waals surface area (Å²) in [5.74, 6) is 0.655. The summed E-state index contributed by atoms with van der Waals surface area (Å²) in [5.41, 5.74) is 1.73. The van der Waals surface area contributed by atoms with Gasteiger partial charge in [0.2, 0.25) is 0 Å². The van der Waals surface area contributed by atoms with Crippen LogP contribution in [0.15, 0.2) is 24.3 Å². The lowest BCUT2D eigenvalue weighted by molar-refractivity contribution is -0.122. The minimum atomic E-state index is -0.427. The van der Waals surface area contributed by atoms with E-state index in [1.165, 1.54) is 0 Å². The molecule has 1 heterocycles. The highest BCUT2D eigenvalue weighted by Crippen LogP contribution is 2.33. The van der Waals surface area contributed by atoms with Crippen molar-refractivity contribution in [3.05, 3.63) is 29.8 Å². The zero-order chi connectivity index (χ0) is 12.8. The van der Waals surface area contributed by atoms with Crippen molar-refractivity contribution in [2.45, 2.75) is 33.8 Å². The minimum absolute atomic E-state index is 0.0971. The maximum atomic E-state index is 11.4.